The van der Waals surface area contributed by atoms with Gasteiger partial charge in [0.25, 0.3) is 0 Å². The Morgan fingerprint density at radius 3 is 1.50 bits per heavy atom. The maximum absolute atomic E-state index is 12.5. The first-order valence-corrected chi connectivity index (χ1v) is 16.0. The van der Waals surface area contributed by atoms with Gasteiger partial charge in [-0.2, -0.15) is 0 Å². The van der Waals surface area contributed by atoms with E-state index >= 15 is 0 Å². The molecule has 0 aromatic heterocycles. The van der Waals surface area contributed by atoms with Gasteiger partial charge in [0.15, 0.2) is 5.78 Å². The van der Waals surface area contributed by atoms with E-state index in [9.17, 15) is 34.5 Å². The number of carbonyl (C=O) groups is 3. The van der Waals surface area contributed by atoms with Crippen LogP contribution in [0.2, 0.25) is 0 Å². The van der Waals surface area contributed by atoms with E-state index in [-0.39, 0.29) is 94.3 Å². The van der Waals surface area contributed by atoms with Crippen LogP contribution in [-0.4, -0.2) is 63.6 Å². The first-order valence-electron chi connectivity index (χ1n) is 16.0. The van der Waals surface area contributed by atoms with Gasteiger partial charge in [-0.05, 0) is 36.6 Å². The fourth-order valence-corrected chi connectivity index (χ4v) is 4.99. The predicted molar refractivity (Wildman–Crippen MR) is 176 cm³/mol. The van der Waals surface area contributed by atoms with E-state index in [1.54, 1.807) is 6.92 Å². The summed E-state index contributed by atoms with van der Waals surface area (Å²) in [5.74, 6) is -1.13. The summed E-state index contributed by atoms with van der Waals surface area (Å²) in [6.45, 7) is 2.34. The van der Waals surface area contributed by atoms with Gasteiger partial charge >= 0.3 is 71.6 Å². The number of unbranched alkanes of at least 4 members (excludes halogenated alkanes) is 14. The van der Waals surface area contributed by atoms with Crippen molar-refractivity contribution in [3.05, 3.63) is 31.2 Å². The number of rotatable bonds is 26. The largest absolute Gasteiger partial charge is 1.00 e. The molecule has 1 aromatic carbocycles. The molecule has 0 aliphatic carbocycles. The molecule has 0 fully saturated rings. The molecule has 1 atom stereocenters. The molecular weight excluding hydrogens is 587 g/mol. The first-order chi connectivity index (χ1) is 20.1. The minimum absolute atomic E-state index is 0. The third-order valence-corrected chi connectivity index (χ3v) is 7.76. The van der Waals surface area contributed by atoms with Crippen molar-refractivity contribution in [2.45, 2.75) is 129 Å². The van der Waals surface area contributed by atoms with E-state index < -0.39 is 20.2 Å². The number of amides is 1. The van der Waals surface area contributed by atoms with Gasteiger partial charge in [0.2, 0.25) is 5.91 Å². The van der Waals surface area contributed by atoms with Crippen LogP contribution in [0, 0.1) is 13.3 Å². The number of hydrogen-bond acceptors (Lipinski definition) is 7. The third kappa shape index (κ3) is 22.9. The third-order valence-electron chi connectivity index (χ3n) is 7.76. The fraction of sp³-hybridized carbons (Fsp3) is 0.688. The maximum atomic E-state index is 12.5. The van der Waals surface area contributed by atoms with Crippen LogP contribution in [0.5, 0.6) is 0 Å². The van der Waals surface area contributed by atoms with Crippen molar-refractivity contribution in [3.8, 4) is 0 Å². The summed E-state index contributed by atoms with van der Waals surface area (Å²) in [4.78, 5) is 35.1. The van der Waals surface area contributed by atoms with Crippen LogP contribution >= 0.6 is 0 Å². The van der Waals surface area contributed by atoms with Gasteiger partial charge in [0.05, 0.1) is 5.92 Å². The number of carbonyl (C=O) groups excluding carboxylic acids is 2. The zero-order valence-corrected chi connectivity index (χ0v) is 30.7. The van der Waals surface area contributed by atoms with Crippen molar-refractivity contribution >= 4 is 42.8 Å². The summed E-state index contributed by atoms with van der Waals surface area (Å²) < 4.78 is 0. The molecule has 0 saturated heterocycles. The molecule has 0 bridgehead atoms. The summed E-state index contributed by atoms with van der Waals surface area (Å²) in [6.07, 6.45) is 19.0. The Bertz CT molecular complexity index is 901. The van der Waals surface area contributed by atoms with E-state index in [0.717, 1.165) is 51.4 Å². The monoisotopic (exact) mass is 645 g/mol. The number of benzene rings is 1. The van der Waals surface area contributed by atoms with Crippen molar-refractivity contribution in [2.24, 2.45) is 5.92 Å². The minimum atomic E-state index is -1.78. The number of hydrogen-bond donors (Lipinski definition) is 6. The summed E-state index contributed by atoms with van der Waals surface area (Å²) in [5, 5.41) is 49.3. The van der Waals surface area contributed by atoms with Crippen LogP contribution in [-0.2, 0) is 9.59 Å². The number of carboxylic acid groups (broad SMARTS) is 1. The van der Waals surface area contributed by atoms with Crippen LogP contribution in [0.3, 0.4) is 0 Å². The Kier molecular flexibility index (Phi) is 29.7. The van der Waals surface area contributed by atoms with Gasteiger partial charge in [-0.25, -0.2) is 0 Å². The average Bonchev–Trinajstić information content (AvgIpc) is 2.96. The molecule has 1 rings (SSSR count). The van der Waals surface area contributed by atoms with Gasteiger partial charge in [-0.1, -0.05) is 109 Å². The molecule has 0 aliphatic rings. The van der Waals surface area contributed by atoms with E-state index in [4.69, 9.17) is 5.11 Å². The molecule has 1 aromatic rings. The van der Waals surface area contributed by atoms with E-state index in [0.29, 0.717) is 25.8 Å². The van der Waals surface area contributed by atoms with E-state index in [1.165, 1.54) is 69.6 Å². The topological polar surface area (TPSA) is 164 Å². The zero-order chi connectivity index (χ0) is 31.2. The standard InChI is InChI=1S/C31H53B2NO8.CH3.K.H2/c1-25(31(37)38)18-16-17-21-34-30(36)20-15-13-11-9-7-5-3-2-4-6-8-10-12-14-19-29(35)26-22-27(32(39)40)24-28(23-26)33(41)42;;;/h22-25,39-42H,2-21H2,1H3,(H,34,36)(H,37,38);1H3;;1H/q;-1;+1;/t25-;;;/m0.../s1. The Labute approximate surface area is 310 Å². The molecule has 0 heterocycles. The SMILES string of the molecule is C[C@@H](CCCCNC(=O)CCCCCCCCCCCCCCCCC(=O)c1cc(B(O)O)cc(B(O)O)c1)C(=O)O.[CH3-].[HH].[K+]. The number of carboxylic acids is 1. The smallest absolute Gasteiger partial charge is 0.481 e. The molecule has 12 heteroatoms. The Balaban J connectivity index is -0.00000588. The Hall–Kier alpha value is -0.564. The molecule has 246 valence electrons. The molecule has 44 heavy (non-hydrogen) atoms. The van der Waals surface area contributed by atoms with Gasteiger partial charge < -0.3 is 37.9 Å². The van der Waals surface area contributed by atoms with Gasteiger partial charge in [-0.15, -0.1) is 0 Å². The first kappa shape index (κ1) is 45.6. The van der Waals surface area contributed by atoms with Crippen LogP contribution in [0.1, 0.15) is 141 Å². The molecular formula is C32H58B2KNO8. The minimum Gasteiger partial charge on any atom is -0.481 e. The second-order valence-electron chi connectivity index (χ2n) is 11.6. The van der Waals surface area contributed by atoms with Crippen LogP contribution in [0.25, 0.3) is 0 Å². The Morgan fingerprint density at radius 2 is 1.09 bits per heavy atom. The van der Waals surface area contributed by atoms with Crippen molar-refractivity contribution in [1.29, 1.82) is 0 Å². The molecule has 0 radical (unpaired) electrons. The number of nitrogens with one attached hydrogen (secondary N) is 1. The molecule has 0 saturated carbocycles. The van der Waals surface area contributed by atoms with Crippen LogP contribution in [0.15, 0.2) is 18.2 Å². The summed E-state index contributed by atoms with van der Waals surface area (Å²) in [5.41, 5.74) is 0.396. The molecule has 0 spiro atoms. The Morgan fingerprint density at radius 1 is 0.682 bits per heavy atom. The molecule has 6 N–H and O–H groups in total. The summed E-state index contributed by atoms with van der Waals surface area (Å²) in [7, 11) is -3.56. The molecule has 1 amide bonds. The van der Waals surface area contributed by atoms with Crippen LogP contribution in [0.4, 0.5) is 0 Å². The average molecular weight is 646 g/mol. The van der Waals surface area contributed by atoms with Crippen molar-refractivity contribution in [2.75, 3.05) is 6.54 Å². The fourth-order valence-electron chi connectivity index (χ4n) is 4.99. The van der Waals surface area contributed by atoms with Crippen molar-refractivity contribution < 1.29 is 92.4 Å². The molecule has 9 nitrogen and oxygen atoms in total. The number of Topliss-reactive ketones (excluding diaryl/α,β-unsaturated/α-hetero) is 1. The number of aliphatic carboxylic acids is 1. The van der Waals surface area contributed by atoms with Gasteiger partial charge in [0, 0.05) is 26.4 Å². The zero-order valence-electron chi connectivity index (χ0n) is 27.6. The summed E-state index contributed by atoms with van der Waals surface area (Å²) >= 11 is 0. The normalized spacial score (nSPS) is 11.2. The molecule has 0 aliphatic heterocycles. The van der Waals surface area contributed by atoms with Gasteiger partial charge in [0.1, 0.15) is 0 Å². The van der Waals surface area contributed by atoms with Gasteiger partial charge in [-0.3, -0.25) is 14.4 Å². The quantitative estimate of drug-likeness (QED) is 0.0379. The maximum Gasteiger partial charge on any atom is 1.00 e. The van der Waals surface area contributed by atoms with E-state index in [2.05, 4.69) is 5.32 Å². The number of ketones is 1. The summed E-state index contributed by atoms with van der Waals surface area (Å²) in [6, 6.07) is 4.04. The second kappa shape index (κ2) is 28.6. The predicted octanol–water partition coefficient (Wildman–Crippen LogP) is 1.18. The second-order valence-corrected chi connectivity index (χ2v) is 11.6. The van der Waals surface area contributed by atoms with E-state index in [1.807, 2.05) is 0 Å². The van der Waals surface area contributed by atoms with Crippen molar-refractivity contribution in [1.82, 2.24) is 5.32 Å². The van der Waals surface area contributed by atoms with Crippen LogP contribution < -0.4 is 67.6 Å². The molecule has 0 unspecified atom stereocenters. The van der Waals surface area contributed by atoms with Crippen molar-refractivity contribution in [3.63, 3.8) is 0 Å².